The fraction of sp³-hybridized carbons (Fsp3) is 0.900. The van der Waals surface area contributed by atoms with Gasteiger partial charge >= 0.3 is 0 Å². The zero-order chi connectivity index (χ0) is 9.31. The Morgan fingerprint density at radius 3 is 2.77 bits per heavy atom. The van der Waals surface area contributed by atoms with Crippen LogP contribution in [0.5, 0.6) is 0 Å². The molecule has 2 aliphatic heterocycles. The third kappa shape index (κ3) is 1.63. The number of nitrogens with one attached hydrogen (secondary N) is 1. The Bertz CT molecular complexity index is 209. The molecule has 2 fully saturated rings. The predicted octanol–water partition coefficient (Wildman–Crippen LogP) is 0.261. The minimum atomic E-state index is 0.0122. The zero-order valence-electron chi connectivity index (χ0n) is 8.31. The van der Waals surface area contributed by atoms with Crippen molar-refractivity contribution in [3.63, 3.8) is 0 Å². The van der Waals surface area contributed by atoms with E-state index < -0.39 is 0 Å². The molecule has 1 spiro atoms. The quantitative estimate of drug-likeness (QED) is 0.583. The summed E-state index contributed by atoms with van der Waals surface area (Å²) in [6.45, 7) is 3.96. The van der Waals surface area contributed by atoms with Gasteiger partial charge in [-0.2, -0.15) is 0 Å². The summed E-state index contributed by atoms with van der Waals surface area (Å²) in [5, 5.41) is 3.32. The maximum Gasteiger partial charge on any atom is 0.141 e. The van der Waals surface area contributed by atoms with E-state index in [1.807, 2.05) is 0 Å². The van der Waals surface area contributed by atoms with Gasteiger partial charge in [-0.1, -0.05) is 0 Å². The number of Topliss-reactive ketones (excluding diaryl/α,β-unsaturated/α-hetero) is 1. The molecule has 0 amide bonds. The van der Waals surface area contributed by atoms with Gasteiger partial charge in [-0.25, -0.2) is 0 Å². The SMILES string of the molecule is CN1CCC(=O)C2(CCNCC2)C1. The van der Waals surface area contributed by atoms with Crippen molar-refractivity contribution in [1.82, 2.24) is 10.2 Å². The van der Waals surface area contributed by atoms with E-state index >= 15 is 0 Å². The minimum absolute atomic E-state index is 0.0122. The molecule has 0 saturated carbocycles. The van der Waals surface area contributed by atoms with Gasteiger partial charge in [0.15, 0.2) is 0 Å². The van der Waals surface area contributed by atoms with Gasteiger partial charge in [0.2, 0.25) is 0 Å². The average Bonchev–Trinajstić information content (AvgIpc) is 2.14. The van der Waals surface area contributed by atoms with Gasteiger partial charge in [-0.05, 0) is 33.0 Å². The molecule has 0 aromatic heterocycles. The van der Waals surface area contributed by atoms with Crippen LogP contribution in [0.1, 0.15) is 19.3 Å². The molecule has 0 atom stereocenters. The lowest BCUT2D eigenvalue weighted by Gasteiger charge is -2.42. The Labute approximate surface area is 79.5 Å². The van der Waals surface area contributed by atoms with Gasteiger partial charge in [0.25, 0.3) is 0 Å². The number of hydrogen-bond acceptors (Lipinski definition) is 3. The summed E-state index contributed by atoms with van der Waals surface area (Å²) in [4.78, 5) is 14.2. The summed E-state index contributed by atoms with van der Waals surface area (Å²) in [7, 11) is 2.12. The second-order valence-corrected chi connectivity index (χ2v) is 4.44. The van der Waals surface area contributed by atoms with Crippen molar-refractivity contribution in [3.8, 4) is 0 Å². The van der Waals surface area contributed by atoms with E-state index in [1.54, 1.807) is 0 Å². The minimum Gasteiger partial charge on any atom is -0.317 e. The lowest BCUT2D eigenvalue weighted by molar-refractivity contribution is -0.135. The van der Waals surface area contributed by atoms with Crippen LogP contribution in [0.15, 0.2) is 0 Å². The van der Waals surface area contributed by atoms with E-state index in [1.165, 1.54) is 0 Å². The van der Waals surface area contributed by atoms with Crippen LogP contribution in [0.4, 0.5) is 0 Å². The maximum atomic E-state index is 11.9. The van der Waals surface area contributed by atoms with Crippen molar-refractivity contribution < 1.29 is 4.79 Å². The molecule has 0 unspecified atom stereocenters. The summed E-state index contributed by atoms with van der Waals surface area (Å²) < 4.78 is 0. The first-order chi connectivity index (χ1) is 6.23. The van der Waals surface area contributed by atoms with Crippen LogP contribution in [0, 0.1) is 5.41 Å². The number of nitrogens with zero attached hydrogens (tertiary/aromatic N) is 1. The van der Waals surface area contributed by atoms with Gasteiger partial charge in [0.05, 0.1) is 0 Å². The second-order valence-electron chi connectivity index (χ2n) is 4.44. The first-order valence-corrected chi connectivity index (χ1v) is 5.16. The molecular weight excluding hydrogens is 164 g/mol. The third-order valence-electron chi connectivity index (χ3n) is 3.45. The maximum absolute atomic E-state index is 11.9. The molecule has 2 aliphatic rings. The lowest BCUT2D eigenvalue weighted by atomic mass is 9.72. The average molecular weight is 182 g/mol. The molecule has 0 bridgehead atoms. The molecule has 2 heterocycles. The summed E-state index contributed by atoms with van der Waals surface area (Å²) in [5.74, 6) is 0.507. The van der Waals surface area contributed by atoms with Crippen molar-refractivity contribution in [1.29, 1.82) is 0 Å². The molecule has 2 rings (SSSR count). The molecule has 1 N–H and O–H groups in total. The lowest BCUT2D eigenvalue weighted by Crippen LogP contribution is -2.52. The van der Waals surface area contributed by atoms with Crippen molar-refractivity contribution in [2.24, 2.45) is 5.41 Å². The first kappa shape index (κ1) is 9.16. The standard InChI is InChI=1S/C10H18N2O/c1-12-7-2-9(13)10(8-12)3-5-11-6-4-10/h11H,2-8H2,1H3. The highest BCUT2D eigenvalue weighted by Gasteiger charge is 2.42. The van der Waals surface area contributed by atoms with Crippen LogP contribution in [0.25, 0.3) is 0 Å². The Kier molecular flexibility index (Phi) is 2.39. The zero-order valence-corrected chi connectivity index (χ0v) is 8.31. The Balaban J connectivity index is 2.11. The molecule has 0 radical (unpaired) electrons. The highest BCUT2D eigenvalue weighted by molar-refractivity contribution is 5.86. The summed E-state index contributed by atoms with van der Waals surface area (Å²) in [6, 6.07) is 0. The first-order valence-electron chi connectivity index (χ1n) is 5.16. The molecule has 3 nitrogen and oxygen atoms in total. The summed E-state index contributed by atoms with van der Waals surface area (Å²) in [5.41, 5.74) is 0.0122. The molecule has 0 aromatic rings. The number of piperidine rings is 2. The molecule has 3 heteroatoms. The number of likely N-dealkylation sites (tertiary alicyclic amines) is 1. The van der Waals surface area contributed by atoms with Crippen LogP contribution < -0.4 is 5.32 Å². The monoisotopic (exact) mass is 182 g/mol. The summed E-state index contributed by atoms with van der Waals surface area (Å²) in [6.07, 6.45) is 2.84. The van der Waals surface area contributed by atoms with E-state index in [2.05, 4.69) is 17.3 Å². The van der Waals surface area contributed by atoms with E-state index in [-0.39, 0.29) is 5.41 Å². The molecule has 13 heavy (non-hydrogen) atoms. The Morgan fingerprint density at radius 2 is 2.08 bits per heavy atom. The van der Waals surface area contributed by atoms with Crippen molar-refractivity contribution in [3.05, 3.63) is 0 Å². The molecular formula is C10H18N2O. The van der Waals surface area contributed by atoms with E-state index in [4.69, 9.17) is 0 Å². The number of carbonyl (C=O) groups is 1. The largest absolute Gasteiger partial charge is 0.317 e. The van der Waals surface area contributed by atoms with Crippen LogP contribution >= 0.6 is 0 Å². The van der Waals surface area contributed by atoms with Crippen molar-refractivity contribution in [2.45, 2.75) is 19.3 Å². The third-order valence-corrected chi connectivity index (χ3v) is 3.45. The Hall–Kier alpha value is -0.410. The number of carbonyl (C=O) groups excluding carboxylic acids is 1. The van der Waals surface area contributed by atoms with Gasteiger partial charge in [0, 0.05) is 24.9 Å². The predicted molar refractivity (Wildman–Crippen MR) is 51.7 cm³/mol. The van der Waals surface area contributed by atoms with E-state index in [9.17, 15) is 4.79 Å². The Morgan fingerprint density at radius 1 is 1.38 bits per heavy atom. The van der Waals surface area contributed by atoms with Crippen molar-refractivity contribution in [2.75, 3.05) is 33.2 Å². The topological polar surface area (TPSA) is 32.3 Å². The molecule has 2 saturated heterocycles. The number of ketones is 1. The normalized spacial score (nSPS) is 29.5. The van der Waals surface area contributed by atoms with Crippen molar-refractivity contribution >= 4 is 5.78 Å². The van der Waals surface area contributed by atoms with Gasteiger partial charge in [-0.15, -0.1) is 0 Å². The molecule has 74 valence electrons. The number of rotatable bonds is 0. The van der Waals surface area contributed by atoms with Gasteiger partial charge in [-0.3, -0.25) is 4.79 Å². The highest BCUT2D eigenvalue weighted by atomic mass is 16.1. The van der Waals surface area contributed by atoms with Crippen LogP contribution in [0.3, 0.4) is 0 Å². The van der Waals surface area contributed by atoms with Crippen LogP contribution in [-0.4, -0.2) is 43.9 Å². The highest BCUT2D eigenvalue weighted by Crippen LogP contribution is 2.34. The van der Waals surface area contributed by atoms with Gasteiger partial charge in [0.1, 0.15) is 5.78 Å². The summed E-state index contributed by atoms with van der Waals surface area (Å²) >= 11 is 0. The molecule has 0 aliphatic carbocycles. The smallest absolute Gasteiger partial charge is 0.141 e. The van der Waals surface area contributed by atoms with E-state index in [0.29, 0.717) is 5.78 Å². The van der Waals surface area contributed by atoms with Gasteiger partial charge < -0.3 is 10.2 Å². The fourth-order valence-electron chi connectivity index (χ4n) is 2.58. The fourth-order valence-corrected chi connectivity index (χ4v) is 2.58. The van der Waals surface area contributed by atoms with Crippen LogP contribution in [0.2, 0.25) is 0 Å². The van der Waals surface area contributed by atoms with E-state index in [0.717, 1.165) is 45.4 Å². The molecule has 0 aromatic carbocycles. The second kappa shape index (κ2) is 3.39. The van der Waals surface area contributed by atoms with Crippen LogP contribution in [-0.2, 0) is 4.79 Å². The number of hydrogen-bond donors (Lipinski definition) is 1.